The number of rotatable bonds is 0. The van der Waals surface area contributed by atoms with Gasteiger partial charge in [-0.1, -0.05) is 19.1 Å². The summed E-state index contributed by atoms with van der Waals surface area (Å²) in [6, 6.07) is 0. The lowest BCUT2D eigenvalue weighted by Gasteiger charge is -2.22. The van der Waals surface area contributed by atoms with E-state index in [1.165, 1.54) is 6.08 Å². The van der Waals surface area contributed by atoms with Crippen LogP contribution in [0.1, 0.15) is 20.3 Å². The molecule has 2 rings (SSSR count). The van der Waals surface area contributed by atoms with Gasteiger partial charge in [-0.25, -0.2) is 0 Å². The zero-order valence-corrected chi connectivity index (χ0v) is 8.33. The molecule has 0 aromatic carbocycles. The van der Waals surface area contributed by atoms with Crippen molar-refractivity contribution in [2.45, 2.75) is 20.3 Å². The van der Waals surface area contributed by atoms with Gasteiger partial charge in [0.2, 0.25) is 0 Å². The third-order valence-electron chi connectivity index (χ3n) is 2.77. The minimum Gasteiger partial charge on any atom is -0.290 e. The fourth-order valence-corrected chi connectivity index (χ4v) is 2.04. The van der Waals surface area contributed by atoms with Gasteiger partial charge >= 0.3 is 0 Å². The summed E-state index contributed by atoms with van der Waals surface area (Å²) in [4.78, 5) is 23.4. The Kier molecular flexibility index (Phi) is 1.99. The molecule has 1 atom stereocenters. The maximum atomic E-state index is 11.7. The molecule has 2 aliphatic rings. The van der Waals surface area contributed by atoms with Gasteiger partial charge < -0.3 is 0 Å². The first-order chi connectivity index (χ1) is 6.61. The van der Waals surface area contributed by atoms with Crippen molar-refractivity contribution in [1.82, 2.24) is 0 Å². The molecule has 0 amide bonds. The van der Waals surface area contributed by atoms with Crippen LogP contribution >= 0.6 is 0 Å². The topological polar surface area (TPSA) is 34.1 Å². The molecule has 0 fully saturated rings. The van der Waals surface area contributed by atoms with Crippen molar-refractivity contribution >= 4 is 11.6 Å². The van der Waals surface area contributed by atoms with E-state index in [1.54, 1.807) is 6.92 Å². The van der Waals surface area contributed by atoms with E-state index >= 15 is 0 Å². The molecule has 0 N–H and O–H groups in total. The fraction of sp³-hybridized carbons (Fsp3) is 0.333. The van der Waals surface area contributed by atoms with E-state index in [9.17, 15) is 9.59 Å². The molecule has 0 bridgehead atoms. The molecule has 0 heterocycles. The number of ketones is 2. The Morgan fingerprint density at radius 1 is 1.36 bits per heavy atom. The van der Waals surface area contributed by atoms with E-state index in [4.69, 9.17) is 0 Å². The van der Waals surface area contributed by atoms with Crippen molar-refractivity contribution in [2.24, 2.45) is 5.92 Å². The highest BCUT2D eigenvalue weighted by Crippen LogP contribution is 2.31. The molecule has 2 heteroatoms. The molecule has 0 aromatic rings. The van der Waals surface area contributed by atoms with Gasteiger partial charge in [0.25, 0.3) is 0 Å². The average Bonchev–Trinajstić information content (AvgIpc) is 2.14. The third-order valence-corrected chi connectivity index (χ3v) is 2.77. The normalized spacial score (nSPS) is 26.4. The molecule has 0 saturated heterocycles. The van der Waals surface area contributed by atoms with Crippen LogP contribution in [0.2, 0.25) is 0 Å². The molecule has 0 saturated carbocycles. The van der Waals surface area contributed by atoms with Crippen LogP contribution in [-0.4, -0.2) is 11.6 Å². The quantitative estimate of drug-likeness (QED) is 0.430. The number of carbonyl (C=O) groups excluding carboxylic acids is 2. The van der Waals surface area contributed by atoms with E-state index in [-0.39, 0.29) is 17.5 Å². The smallest absolute Gasteiger partial charge is 0.185 e. The minimum absolute atomic E-state index is 0.00829. The average molecular weight is 188 g/mol. The summed E-state index contributed by atoms with van der Waals surface area (Å²) in [6.07, 6.45) is 6.01. The van der Waals surface area contributed by atoms with Crippen molar-refractivity contribution < 1.29 is 9.59 Å². The highest BCUT2D eigenvalue weighted by molar-refractivity contribution is 6.23. The Labute approximate surface area is 83.0 Å². The summed E-state index contributed by atoms with van der Waals surface area (Å²) in [5, 5.41) is 0. The fourth-order valence-electron chi connectivity index (χ4n) is 2.04. The largest absolute Gasteiger partial charge is 0.290 e. The third kappa shape index (κ3) is 1.18. The van der Waals surface area contributed by atoms with Gasteiger partial charge in [-0.2, -0.15) is 0 Å². The molecular weight excluding hydrogens is 176 g/mol. The van der Waals surface area contributed by atoms with Crippen molar-refractivity contribution in [2.75, 3.05) is 0 Å². The lowest BCUT2D eigenvalue weighted by atomic mass is 9.79. The molecule has 0 unspecified atom stereocenters. The van der Waals surface area contributed by atoms with E-state index in [2.05, 4.69) is 0 Å². The lowest BCUT2D eigenvalue weighted by molar-refractivity contribution is -0.116. The molecular formula is C12H12O2. The molecule has 2 nitrogen and oxygen atoms in total. The van der Waals surface area contributed by atoms with E-state index in [1.807, 2.05) is 19.1 Å². The van der Waals surface area contributed by atoms with Gasteiger partial charge in [-0.3, -0.25) is 9.59 Å². The van der Waals surface area contributed by atoms with Crippen LogP contribution in [-0.2, 0) is 9.59 Å². The van der Waals surface area contributed by atoms with E-state index in [0.717, 1.165) is 0 Å². The Balaban J connectivity index is 2.51. The molecule has 0 aliphatic heterocycles. The first-order valence-electron chi connectivity index (χ1n) is 4.78. The molecule has 0 spiro atoms. The Morgan fingerprint density at radius 2 is 2.07 bits per heavy atom. The summed E-state index contributed by atoms with van der Waals surface area (Å²) in [7, 11) is 0. The lowest BCUT2D eigenvalue weighted by Crippen LogP contribution is -2.23. The van der Waals surface area contributed by atoms with Crippen molar-refractivity contribution in [3.05, 3.63) is 34.9 Å². The Hall–Kier alpha value is -1.44. The second-order valence-corrected chi connectivity index (χ2v) is 3.83. The Bertz CT molecular complexity index is 408. The number of hydrogen-bond donors (Lipinski definition) is 0. The van der Waals surface area contributed by atoms with Gasteiger partial charge in [-0.15, -0.1) is 0 Å². The van der Waals surface area contributed by atoms with Gasteiger partial charge in [0.05, 0.1) is 0 Å². The van der Waals surface area contributed by atoms with Crippen LogP contribution in [0.25, 0.3) is 0 Å². The van der Waals surface area contributed by atoms with Crippen LogP contribution in [0.3, 0.4) is 0 Å². The molecule has 2 aliphatic carbocycles. The summed E-state index contributed by atoms with van der Waals surface area (Å²) in [6.45, 7) is 3.65. The second-order valence-electron chi connectivity index (χ2n) is 3.83. The van der Waals surface area contributed by atoms with E-state index in [0.29, 0.717) is 23.1 Å². The van der Waals surface area contributed by atoms with Crippen LogP contribution < -0.4 is 0 Å². The first kappa shape index (κ1) is 9.13. The first-order valence-corrected chi connectivity index (χ1v) is 4.78. The second kappa shape index (κ2) is 3.05. The minimum atomic E-state index is 0.00829. The van der Waals surface area contributed by atoms with E-state index < -0.39 is 0 Å². The maximum Gasteiger partial charge on any atom is 0.185 e. The number of allylic oxidation sites excluding steroid dienone is 6. The predicted octanol–water partition coefficient (Wildman–Crippen LogP) is 1.98. The van der Waals surface area contributed by atoms with Crippen LogP contribution in [0, 0.1) is 5.92 Å². The number of hydrogen-bond acceptors (Lipinski definition) is 2. The SMILES string of the molecule is CC1=CC(=O)C2=C(CC=C[C@@H]2C)C1=O. The van der Waals surface area contributed by atoms with Gasteiger partial charge in [-0.05, 0) is 19.4 Å². The summed E-state index contributed by atoms with van der Waals surface area (Å²) >= 11 is 0. The summed E-state index contributed by atoms with van der Waals surface area (Å²) in [5.41, 5.74) is 1.96. The maximum absolute atomic E-state index is 11.7. The summed E-state index contributed by atoms with van der Waals surface area (Å²) < 4.78 is 0. The predicted molar refractivity (Wildman–Crippen MR) is 53.7 cm³/mol. The van der Waals surface area contributed by atoms with Crippen LogP contribution in [0.5, 0.6) is 0 Å². The molecule has 0 radical (unpaired) electrons. The monoisotopic (exact) mass is 188 g/mol. The summed E-state index contributed by atoms with van der Waals surface area (Å²) in [5.74, 6) is 0.129. The van der Waals surface area contributed by atoms with Crippen molar-refractivity contribution in [3.8, 4) is 0 Å². The standard InChI is InChI=1S/C12H12O2/c1-7-4-3-5-9-11(7)10(13)6-8(2)12(9)14/h3-4,6-7H,5H2,1-2H3/t7-/m0/s1. The molecule has 72 valence electrons. The highest BCUT2D eigenvalue weighted by atomic mass is 16.1. The molecule has 14 heavy (non-hydrogen) atoms. The Morgan fingerprint density at radius 3 is 2.79 bits per heavy atom. The van der Waals surface area contributed by atoms with Gasteiger partial charge in [0, 0.05) is 22.6 Å². The van der Waals surface area contributed by atoms with Crippen LogP contribution in [0.4, 0.5) is 0 Å². The molecule has 0 aromatic heterocycles. The van der Waals surface area contributed by atoms with Crippen molar-refractivity contribution in [1.29, 1.82) is 0 Å². The zero-order chi connectivity index (χ0) is 10.3. The van der Waals surface area contributed by atoms with Crippen LogP contribution in [0.15, 0.2) is 34.9 Å². The highest BCUT2D eigenvalue weighted by Gasteiger charge is 2.29. The number of Topliss-reactive ketones (excluding diaryl/α,β-unsaturated/α-hetero) is 1. The zero-order valence-electron chi connectivity index (χ0n) is 8.33. The van der Waals surface area contributed by atoms with Gasteiger partial charge in [0.1, 0.15) is 0 Å². The number of carbonyl (C=O) groups is 2. The van der Waals surface area contributed by atoms with Crippen molar-refractivity contribution in [3.63, 3.8) is 0 Å². The van der Waals surface area contributed by atoms with Gasteiger partial charge in [0.15, 0.2) is 11.6 Å².